The Bertz CT molecular complexity index is 1220. The average Bonchev–Trinajstić information content (AvgIpc) is 3.38. The minimum absolute atomic E-state index is 1.08. The van der Waals surface area contributed by atoms with E-state index in [1.165, 1.54) is 56.1 Å². The molecule has 136 valence electrons. The summed E-state index contributed by atoms with van der Waals surface area (Å²) in [6, 6.07) is 19.8. The van der Waals surface area contributed by atoms with Crippen molar-refractivity contribution in [3.8, 4) is 11.3 Å². The molecule has 2 aromatic carbocycles. The fraction of sp³-hybridized carbons (Fsp3) is 0.192. The van der Waals surface area contributed by atoms with Crippen molar-refractivity contribution in [2.45, 2.75) is 32.6 Å². The van der Waals surface area contributed by atoms with E-state index < -0.39 is 0 Å². The summed E-state index contributed by atoms with van der Waals surface area (Å²) in [5.41, 5.74) is 14.3. The van der Waals surface area contributed by atoms with Crippen molar-refractivity contribution in [1.82, 2.24) is 4.98 Å². The Morgan fingerprint density at radius 1 is 0.821 bits per heavy atom. The number of H-pyrrole nitrogens is 1. The number of hydrogen-bond acceptors (Lipinski definition) is 1. The molecule has 2 heterocycles. The zero-order chi connectivity index (χ0) is 18.7. The maximum Gasteiger partial charge on any atom is 0.0744 e. The molecule has 0 spiro atoms. The van der Waals surface area contributed by atoms with E-state index in [2.05, 4.69) is 72.6 Å². The van der Waals surface area contributed by atoms with Gasteiger partial charge in [-0.1, -0.05) is 48.5 Å². The van der Waals surface area contributed by atoms with Gasteiger partial charge in [-0.25, -0.2) is 4.99 Å². The molecule has 28 heavy (non-hydrogen) atoms. The van der Waals surface area contributed by atoms with Gasteiger partial charge in [0.1, 0.15) is 0 Å². The maximum absolute atomic E-state index is 5.06. The van der Waals surface area contributed by atoms with Crippen molar-refractivity contribution >= 4 is 11.3 Å². The second-order valence-corrected chi connectivity index (χ2v) is 8.04. The third kappa shape index (κ3) is 2.31. The predicted molar refractivity (Wildman–Crippen MR) is 116 cm³/mol. The standard InChI is InChI=1S/C26H22N2/c1-16(23-14-19-12-10-17-6-2-4-8-21(17)25(19)27-23)24-15-20-13-11-18-7-3-5-9-22(18)26(20)28-24/h2-9,14-15,27H,10-13H2,1H3/b24-16+. The fourth-order valence-corrected chi connectivity index (χ4v) is 4.84. The fourth-order valence-electron chi connectivity index (χ4n) is 4.84. The number of benzene rings is 2. The van der Waals surface area contributed by atoms with Gasteiger partial charge >= 0.3 is 0 Å². The monoisotopic (exact) mass is 362 g/mol. The number of nitrogens with zero attached hydrogens (tertiary/aromatic N) is 1. The van der Waals surface area contributed by atoms with Gasteiger partial charge < -0.3 is 4.98 Å². The lowest BCUT2D eigenvalue weighted by molar-refractivity contribution is 0.942. The van der Waals surface area contributed by atoms with E-state index in [9.17, 15) is 0 Å². The second-order valence-electron chi connectivity index (χ2n) is 8.04. The molecule has 0 fully saturated rings. The van der Waals surface area contributed by atoms with Crippen molar-refractivity contribution in [2.75, 3.05) is 0 Å². The van der Waals surface area contributed by atoms with E-state index in [0.29, 0.717) is 0 Å². The molecule has 1 aliphatic heterocycles. The largest absolute Gasteiger partial charge is 0.355 e. The molecular formula is C26H22N2. The van der Waals surface area contributed by atoms with Gasteiger partial charge in [-0.15, -0.1) is 0 Å². The number of aryl methyl sites for hydroxylation is 3. The SMILES string of the molecule is C/C(=C1/C=C2CCc3ccccc3C2=N1)c1cc2c([nH]1)-c1ccccc1CC2. The van der Waals surface area contributed by atoms with Crippen molar-refractivity contribution in [1.29, 1.82) is 0 Å². The molecule has 0 saturated carbocycles. The van der Waals surface area contributed by atoms with Crippen molar-refractivity contribution in [3.05, 3.63) is 99.9 Å². The van der Waals surface area contributed by atoms with Crippen LogP contribution in [0.1, 0.15) is 41.3 Å². The first-order chi connectivity index (χ1) is 13.8. The first kappa shape index (κ1) is 15.9. The predicted octanol–water partition coefficient (Wildman–Crippen LogP) is 5.89. The second kappa shape index (κ2) is 5.93. The Kier molecular flexibility index (Phi) is 3.37. The van der Waals surface area contributed by atoms with Crippen LogP contribution in [0.2, 0.25) is 0 Å². The van der Waals surface area contributed by atoms with Crippen LogP contribution < -0.4 is 0 Å². The highest BCUT2D eigenvalue weighted by Crippen LogP contribution is 2.37. The summed E-state index contributed by atoms with van der Waals surface area (Å²) < 4.78 is 0. The van der Waals surface area contributed by atoms with Gasteiger partial charge in [0, 0.05) is 22.5 Å². The molecule has 1 aromatic heterocycles. The number of aliphatic imine (C=N–C) groups is 1. The summed E-state index contributed by atoms with van der Waals surface area (Å²) >= 11 is 0. The Labute approximate surface area is 165 Å². The van der Waals surface area contributed by atoms with Gasteiger partial charge in [0.2, 0.25) is 0 Å². The Morgan fingerprint density at radius 2 is 1.50 bits per heavy atom. The van der Waals surface area contributed by atoms with Crippen LogP contribution in [0.5, 0.6) is 0 Å². The van der Waals surface area contributed by atoms with Gasteiger partial charge in [0.15, 0.2) is 0 Å². The summed E-state index contributed by atoms with van der Waals surface area (Å²) in [6.45, 7) is 2.20. The van der Waals surface area contributed by atoms with Gasteiger partial charge in [-0.05, 0) is 72.6 Å². The van der Waals surface area contributed by atoms with Gasteiger partial charge in [-0.3, -0.25) is 0 Å². The Hall–Kier alpha value is -3.13. The maximum atomic E-state index is 5.06. The van der Waals surface area contributed by atoms with E-state index in [1.807, 2.05) is 0 Å². The van der Waals surface area contributed by atoms with Crippen LogP contribution >= 0.6 is 0 Å². The van der Waals surface area contributed by atoms with Crippen LogP contribution in [0.25, 0.3) is 16.8 Å². The third-order valence-corrected chi connectivity index (χ3v) is 6.42. The van der Waals surface area contributed by atoms with Crippen molar-refractivity contribution in [2.24, 2.45) is 4.99 Å². The molecule has 0 unspecified atom stereocenters. The van der Waals surface area contributed by atoms with Crippen LogP contribution in [-0.2, 0) is 19.3 Å². The molecular weight excluding hydrogens is 340 g/mol. The summed E-state index contributed by atoms with van der Waals surface area (Å²) in [5.74, 6) is 0. The molecule has 3 aliphatic rings. The molecule has 0 atom stereocenters. The van der Waals surface area contributed by atoms with Gasteiger partial charge in [0.05, 0.1) is 11.4 Å². The average molecular weight is 362 g/mol. The number of fused-ring (bicyclic) bond motifs is 6. The van der Waals surface area contributed by atoms with Crippen LogP contribution in [-0.4, -0.2) is 10.7 Å². The van der Waals surface area contributed by atoms with Gasteiger partial charge in [-0.2, -0.15) is 0 Å². The summed E-state index contributed by atoms with van der Waals surface area (Å²) in [4.78, 5) is 8.77. The van der Waals surface area contributed by atoms with E-state index in [-0.39, 0.29) is 0 Å². The molecule has 6 rings (SSSR count). The van der Waals surface area contributed by atoms with Crippen LogP contribution in [0, 0.1) is 0 Å². The van der Waals surface area contributed by atoms with Crippen molar-refractivity contribution in [3.63, 3.8) is 0 Å². The van der Waals surface area contributed by atoms with Crippen molar-refractivity contribution < 1.29 is 0 Å². The number of rotatable bonds is 1. The minimum atomic E-state index is 1.08. The number of aromatic amines is 1. The lowest BCUT2D eigenvalue weighted by atomic mass is 9.87. The first-order valence-electron chi connectivity index (χ1n) is 10.2. The zero-order valence-electron chi connectivity index (χ0n) is 16.0. The number of hydrogen-bond donors (Lipinski definition) is 1. The molecule has 2 heteroatoms. The van der Waals surface area contributed by atoms with E-state index in [4.69, 9.17) is 4.99 Å². The summed E-state index contributed by atoms with van der Waals surface area (Å²) in [6.07, 6.45) is 6.73. The quantitative estimate of drug-likeness (QED) is 0.559. The molecule has 0 amide bonds. The normalized spacial score (nSPS) is 18.5. The van der Waals surface area contributed by atoms with Crippen LogP contribution in [0.3, 0.4) is 0 Å². The van der Waals surface area contributed by atoms with Crippen LogP contribution in [0.15, 0.2) is 76.9 Å². The third-order valence-electron chi connectivity index (χ3n) is 6.42. The summed E-state index contributed by atoms with van der Waals surface area (Å²) in [7, 11) is 0. The van der Waals surface area contributed by atoms with Gasteiger partial charge in [0.25, 0.3) is 0 Å². The van der Waals surface area contributed by atoms with E-state index >= 15 is 0 Å². The van der Waals surface area contributed by atoms with E-state index in [1.54, 1.807) is 0 Å². The molecule has 1 N–H and O–H groups in total. The smallest absolute Gasteiger partial charge is 0.0744 e. The molecule has 2 aliphatic carbocycles. The number of allylic oxidation sites excluding steroid dienone is 3. The lowest BCUT2D eigenvalue weighted by Crippen LogP contribution is -2.12. The molecule has 0 saturated heterocycles. The highest BCUT2D eigenvalue weighted by Gasteiger charge is 2.25. The lowest BCUT2D eigenvalue weighted by Gasteiger charge is -2.17. The Balaban J connectivity index is 1.45. The topological polar surface area (TPSA) is 28.1 Å². The highest BCUT2D eigenvalue weighted by molar-refractivity contribution is 6.17. The first-order valence-corrected chi connectivity index (χ1v) is 10.2. The van der Waals surface area contributed by atoms with E-state index in [0.717, 1.165) is 31.4 Å². The number of nitrogens with one attached hydrogen (secondary N) is 1. The Morgan fingerprint density at radius 3 is 2.36 bits per heavy atom. The molecule has 2 nitrogen and oxygen atoms in total. The minimum Gasteiger partial charge on any atom is -0.355 e. The molecule has 3 aromatic rings. The molecule has 0 radical (unpaired) electrons. The van der Waals surface area contributed by atoms with Crippen LogP contribution in [0.4, 0.5) is 0 Å². The molecule has 0 bridgehead atoms. The summed E-state index contributed by atoms with van der Waals surface area (Å²) in [5, 5.41) is 0. The number of aromatic nitrogens is 1. The zero-order valence-corrected chi connectivity index (χ0v) is 16.0. The highest BCUT2D eigenvalue weighted by atomic mass is 14.8.